The third-order valence-electron chi connectivity index (χ3n) is 4.67. The summed E-state index contributed by atoms with van der Waals surface area (Å²) in [5.74, 6) is 0.889. The first kappa shape index (κ1) is 19.5. The lowest BCUT2D eigenvalue weighted by Crippen LogP contribution is -2.19. The molecule has 0 aliphatic heterocycles. The molecule has 7 nitrogen and oxygen atoms in total. The van der Waals surface area contributed by atoms with Gasteiger partial charge < -0.3 is 14.8 Å². The number of rotatable bonds is 6. The Kier molecular flexibility index (Phi) is 5.44. The minimum atomic E-state index is -0.257. The number of benzene rings is 2. The highest BCUT2D eigenvalue weighted by molar-refractivity contribution is 6.05. The number of carbonyl (C=O) groups excluding carboxylic acids is 1. The summed E-state index contributed by atoms with van der Waals surface area (Å²) in [6.45, 7) is 6.66. The van der Waals surface area contributed by atoms with Crippen molar-refractivity contribution >= 4 is 22.6 Å². The number of carbonyl (C=O) groups is 1. The summed E-state index contributed by atoms with van der Waals surface area (Å²) >= 11 is 0. The second-order valence-electron chi connectivity index (χ2n) is 6.54. The Balaban J connectivity index is 1.94. The summed E-state index contributed by atoms with van der Waals surface area (Å²) in [6.07, 6.45) is 0. The predicted molar refractivity (Wildman–Crippen MR) is 110 cm³/mol. The normalized spacial score (nSPS) is 10.9. The summed E-state index contributed by atoms with van der Waals surface area (Å²) in [7, 11) is 3.45. The van der Waals surface area contributed by atoms with Gasteiger partial charge >= 0.3 is 5.69 Å². The smallest absolute Gasteiger partial charge is 0.328 e. The minimum absolute atomic E-state index is 0.106. The van der Waals surface area contributed by atoms with Gasteiger partial charge in [0.05, 0.1) is 24.2 Å². The maximum Gasteiger partial charge on any atom is 0.328 e. The number of hydrogen-bond donors (Lipinski definition) is 1. The van der Waals surface area contributed by atoms with Crippen molar-refractivity contribution < 1.29 is 14.3 Å². The first-order valence-corrected chi connectivity index (χ1v) is 9.24. The molecule has 2 aromatic carbocycles. The number of nitrogens with zero attached hydrogens (tertiary/aromatic N) is 2. The first-order chi connectivity index (χ1) is 13.4. The molecule has 28 heavy (non-hydrogen) atoms. The van der Waals surface area contributed by atoms with Crippen LogP contribution in [0.15, 0.2) is 35.1 Å². The number of ether oxygens (including phenoxy) is 2. The standard InChI is InChI=1S/C21H25N3O4/c1-6-27-18-9-8-14(11-19(18)28-7-2)20(25)22-15-12-17-16(10-13(15)3)23(4)21(26)24(17)5/h8-12H,6-7H2,1-5H3,(H,22,25). The molecular formula is C21H25N3O4. The van der Waals surface area contributed by atoms with Gasteiger partial charge in [-0.1, -0.05) is 0 Å². The van der Waals surface area contributed by atoms with Gasteiger partial charge in [-0.05, 0) is 56.7 Å². The molecule has 1 aromatic heterocycles. The van der Waals surface area contributed by atoms with Crippen molar-refractivity contribution in [3.63, 3.8) is 0 Å². The number of aromatic nitrogens is 2. The van der Waals surface area contributed by atoms with E-state index in [2.05, 4.69) is 5.32 Å². The lowest BCUT2D eigenvalue weighted by atomic mass is 10.1. The van der Waals surface area contributed by atoms with Crippen LogP contribution in [0.3, 0.4) is 0 Å². The number of fused-ring (bicyclic) bond motifs is 1. The summed E-state index contributed by atoms with van der Waals surface area (Å²) in [5, 5.41) is 2.94. The van der Waals surface area contributed by atoms with E-state index < -0.39 is 0 Å². The van der Waals surface area contributed by atoms with Crippen molar-refractivity contribution in [1.29, 1.82) is 0 Å². The van der Waals surface area contributed by atoms with Gasteiger partial charge in [0.1, 0.15) is 0 Å². The van der Waals surface area contributed by atoms with Crippen molar-refractivity contribution in [3.05, 3.63) is 51.9 Å². The van der Waals surface area contributed by atoms with Crippen molar-refractivity contribution in [2.45, 2.75) is 20.8 Å². The minimum Gasteiger partial charge on any atom is -0.490 e. The van der Waals surface area contributed by atoms with Crippen LogP contribution in [0.2, 0.25) is 0 Å². The average molecular weight is 383 g/mol. The van der Waals surface area contributed by atoms with Crippen LogP contribution in [0.5, 0.6) is 11.5 Å². The molecule has 1 heterocycles. The molecule has 1 N–H and O–H groups in total. The third kappa shape index (κ3) is 3.47. The van der Waals surface area contributed by atoms with Crippen molar-refractivity contribution in [2.75, 3.05) is 18.5 Å². The van der Waals surface area contributed by atoms with E-state index in [0.717, 1.165) is 16.6 Å². The molecule has 3 rings (SSSR count). The van der Waals surface area contributed by atoms with Crippen LogP contribution in [0, 0.1) is 6.92 Å². The average Bonchev–Trinajstić information content (AvgIpc) is 2.88. The van der Waals surface area contributed by atoms with E-state index in [-0.39, 0.29) is 11.6 Å². The van der Waals surface area contributed by atoms with Crippen molar-refractivity contribution in [3.8, 4) is 11.5 Å². The second-order valence-corrected chi connectivity index (χ2v) is 6.54. The number of hydrogen-bond acceptors (Lipinski definition) is 4. The number of amides is 1. The van der Waals surface area contributed by atoms with Crippen LogP contribution in [-0.2, 0) is 14.1 Å². The van der Waals surface area contributed by atoms with Crippen LogP contribution in [0.4, 0.5) is 5.69 Å². The van der Waals surface area contributed by atoms with E-state index in [1.807, 2.05) is 32.9 Å². The molecule has 148 valence electrons. The molecular weight excluding hydrogens is 358 g/mol. The molecule has 0 atom stereocenters. The van der Waals surface area contributed by atoms with E-state index in [0.29, 0.717) is 36.0 Å². The largest absolute Gasteiger partial charge is 0.490 e. The molecule has 0 spiro atoms. The molecule has 0 radical (unpaired) electrons. The molecule has 1 amide bonds. The number of anilines is 1. The zero-order valence-corrected chi connectivity index (χ0v) is 16.8. The quantitative estimate of drug-likeness (QED) is 0.709. The first-order valence-electron chi connectivity index (χ1n) is 9.24. The molecule has 0 saturated carbocycles. The Labute approximate surface area is 163 Å². The number of nitrogens with one attached hydrogen (secondary N) is 1. The number of aryl methyl sites for hydroxylation is 3. The predicted octanol–water partition coefficient (Wildman–Crippen LogP) is 3.24. The van der Waals surface area contributed by atoms with Gasteiger partial charge in [-0.25, -0.2) is 4.79 Å². The Morgan fingerprint density at radius 2 is 1.57 bits per heavy atom. The maximum atomic E-state index is 12.8. The summed E-state index contributed by atoms with van der Waals surface area (Å²) in [5.41, 5.74) is 3.47. The molecule has 0 aliphatic carbocycles. The highest BCUT2D eigenvalue weighted by Crippen LogP contribution is 2.29. The lowest BCUT2D eigenvalue weighted by molar-refractivity contribution is 0.102. The summed E-state index contributed by atoms with van der Waals surface area (Å²) in [4.78, 5) is 25.0. The highest BCUT2D eigenvalue weighted by atomic mass is 16.5. The van der Waals surface area contributed by atoms with Crippen LogP contribution in [0.25, 0.3) is 11.0 Å². The molecule has 0 saturated heterocycles. The van der Waals surface area contributed by atoms with Crippen LogP contribution in [-0.4, -0.2) is 28.3 Å². The van der Waals surface area contributed by atoms with Gasteiger partial charge in [0, 0.05) is 25.3 Å². The van der Waals surface area contributed by atoms with Gasteiger partial charge in [-0.2, -0.15) is 0 Å². The Morgan fingerprint density at radius 1 is 0.964 bits per heavy atom. The fraction of sp³-hybridized carbons (Fsp3) is 0.333. The Hall–Kier alpha value is -3.22. The summed E-state index contributed by atoms with van der Waals surface area (Å²) < 4.78 is 14.3. The van der Waals surface area contributed by atoms with Gasteiger partial charge in [-0.3, -0.25) is 13.9 Å². The van der Waals surface area contributed by atoms with Gasteiger partial charge in [0.25, 0.3) is 5.91 Å². The molecule has 0 bridgehead atoms. The van der Waals surface area contributed by atoms with Crippen LogP contribution in [0.1, 0.15) is 29.8 Å². The van der Waals surface area contributed by atoms with Crippen molar-refractivity contribution in [2.24, 2.45) is 14.1 Å². The fourth-order valence-electron chi connectivity index (χ4n) is 3.17. The SMILES string of the molecule is CCOc1ccc(C(=O)Nc2cc3c(cc2C)n(C)c(=O)n3C)cc1OCC. The molecule has 3 aromatic rings. The van der Waals surface area contributed by atoms with E-state index in [1.54, 1.807) is 41.4 Å². The number of imidazole rings is 1. The van der Waals surface area contributed by atoms with Crippen LogP contribution >= 0.6 is 0 Å². The molecule has 0 aliphatic rings. The van der Waals surface area contributed by atoms with Gasteiger partial charge in [0.15, 0.2) is 11.5 Å². The second kappa shape index (κ2) is 7.80. The fourth-order valence-corrected chi connectivity index (χ4v) is 3.17. The van der Waals surface area contributed by atoms with Gasteiger partial charge in [-0.15, -0.1) is 0 Å². The van der Waals surface area contributed by atoms with Gasteiger partial charge in [0.2, 0.25) is 0 Å². The lowest BCUT2D eigenvalue weighted by Gasteiger charge is -2.13. The maximum absolute atomic E-state index is 12.8. The van der Waals surface area contributed by atoms with E-state index in [4.69, 9.17) is 9.47 Å². The van der Waals surface area contributed by atoms with E-state index >= 15 is 0 Å². The van der Waals surface area contributed by atoms with E-state index in [1.165, 1.54) is 0 Å². The summed E-state index contributed by atoms with van der Waals surface area (Å²) in [6, 6.07) is 8.84. The Bertz CT molecular complexity index is 1100. The zero-order chi connectivity index (χ0) is 20.4. The zero-order valence-electron chi connectivity index (χ0n) is 16.8. The molecule has 0 fully saturated rings. The Morgan fingerprint density at radius 3 is 2.21 bits per heavy atom. The van der Waals surface area contributed by atoms with E-state index in [9.17, 15) is 9.59 Å². The third-order valence-corrected chi connectivity index (χ3v) is 4.67. The topological polar surface area (TPSA) is 74.5 Å². The molecule has 7 heteroatoms. The monoisotopic (exact) mass is 383 g/mol. The highest BCUT2D eigenvalue weighted by Gasteiger charge is 2.15. The molecule has 0 unspecified atom stereocenters. The van der Waals surface area contributed by atoms with Crippen LogP contribution < -0.4 is 20.5 Å². The van der Waals surface area contributed by atoms with Crippen molar-refractivity contribution in [1.82, 2.24) is 9.13 Å².